The van der Waals surface area contributed by atoms with Gasteiger partial charge < -0.3 is 5.11 Å². The van der Waals surface area contributed by atoms with E-state index in [9.17, 15) is 21.6 Å². The first-order valence-electron chi connectivity index (χ1n) is 5.98. The number of rotatable bonds is 3. The molecule has 0 saturated heterocycles. The van der Waals surface area contributed by atoms with Crippen molar-refractivity contribution >= 4 is 37.2 Å². The highest BCUT2D eigenvalue weighted by Crippen LogP contribution is 2.39. The molecule has 2 N–H and O–H groups in total. The third kappa shape index (κ3) is 2.98. The quantitative estimate of drug-likeness (QED) is 0.822. The van der Waals surface area contributed by atoms with Crippen LogP contribution in [0.2, 0.25) is 0 Å². The van der Waals surface area contributed by atoms with Gasteiger partial charge in [0.25, 0.3) is 10.0 Å². The molecule has 0 bridgehead atoms. The molecule has 0 aliphatic carbocycles. The Morgan fingerprint density at radius 1 is 1.43 bits per heavy atom. The number of hydrogen-bond acceptors (Lipinski definition) is 6. The molecule has 0 saturated carbocycles. The van der Waals surface area contributed by atoms with Gasteiger partial charge in [0, 0.05) is 12.0 Å². The van der Waals surface area contributed by atoms with Crippen LogP contribution in [0, 0.1) is 0 Å². The molecule has 0 fully saturated rings. The summed E-state index contributed by atoms with van der Waals surface area (Å²) in [5, 5.41) is 7.39. The summed E-state index contributed by atoms with van der Waals surface area (Å²) in [6.45, 7) is 5.01. The van der Waals surface area contributed by atoms with Crippen molar-refractivity contribution in [3.8, 4) is 0 Å². The Kier molecular flexibility index (Phi) is 3.72. The zero-order valence-corrected chi connectivity index (χ0v) is 14.0. The summed E-state index contributed by atoms with van der Waals surface area (Å²) >= 11 is 0.596. The maximum Gasteiger partial charge on any atom is 0.322 e. The van der Waals surface area contributed by atoms with E-state index >= 15 is 0 Å². The fraction of sp³-hybridized carbons (Fsp3) is 0.545. The average Bonchev–Trinajstić information content (AvgIpc) is 2.74. The van der Waals surface area contributed by atoms with Crippen LogP contribution < -0.4 is 4.72 Å². The summed E-state index contributed by atoms with van der Waals surface area (Å²) in [6, 6.07) is 1.24. The zero-order chi connectivity index (χ0) is 16.2. The number of nitrogens with one attached hydrogen (secondary N) is 1. The first kappa shape index (κ1) is 16.4. The number of hydrogen-bond donors (Lipinski definition) is 2. The van der Waals surface area contributed by atoms with Gasteiger partial charge in [-0.05, 0) is 32.4 Å². The van der Waals surface area contributed by atoms with Crippen LogP contribution in [-0.2, 0) is 31.1 Å². The van der Waals surface area contributed by atoms with Gasteiger partial charge in [-0.2, -0.15) is 0 Å². The minimum absolute atomic E-state index is 0.116. The summed E-state index contributed by atoms with van der Waals surface area (Å²) in [5.74, 6) is -1.42. The molecule has 1 aromatic rings. The number of sulfonamides is 1. The van der Waals surface area contributed by atoms with Gasteiger partial charge in [-0.1, -0.05) is 0 Å². The van der Waals surface area contributed by atoms with E-state index in [0.717, 1.165) is 0 Å². The zero-order valence-electron chi connectivity index (χ0n) is 11.6. The molecule has 1 unspecified atom stereocenters. The highest BCUT2D eigenvalue weighted by molar-refractivity contribution is 7.96. The Morgan fingerprint density at radius 3 is 2.43 bits per heavy atom. The van der Waals surface area contributed by atoms with Crippen LogP contribution in [0.5, 0.6) is 0 Å². The molecule has 7 nitrogen and oxygen atoms in total. The van der Waals surface area contributed by atoms with Crippen LogP contribution >= 0.6 is 11.3 Å². The van der Waals surface area contributed by atoms with Crippen LogP contribution in [0.3, 0.4) is 0 Å². The molecule has 1 aromatic heterocycles. The SMILES string of the molecule is CC(C)(C)NS(=O)(=O)c1cc2c(s1)S(=O)(=O)C(C(=O)O)C2. The van der Waals surface area contributed by atoms with Gasteiger partial charge in [-0.25, -0.2) is 21.6 Å². The van der Waals surface area contributed by atoms with Crippen molar-refractivity contribution in [1.29, 1.82) is 0 Å². The van der Waals surface area contributed by atoms with Crippen molar-refractivity contribution in [1.82, 2.24) is 4.72 Å². The average molecular weight is 353 g/mol. The van der Waals surface area contributed by atoms with Gasteiger partial charge in [0.2, 0.25) is 9.84 Å². The predicted molar refractivity (Wildman–Crippen MR) is 76.7 cm³/mol. The van der Waals surface area contributed by atoms with Gasteiger partial charge in [-0.15, -0.1) is 11.3 Å². The first-order valence-corrected chi connectivity index (χ1v) is 9.82. The lowest BCUT2D eigenvalue weighted by Gasteiger charge is -2.19. The van der Waals surface area contributed by atoms with Crippen molar-refractivity contribution in [3.05, 3.63) is 11.6 Å². The molecule has 2 heterocycles. The molecular formula is C11H15NO6S3. The predicted octanol–water partition coefficient (Wildman–Crippen LogP) is 0.608. The maximum absolute atomic E-state index is 12.2. The van der Waals surface area contributed by atoms with E-state index in [1.54, 1.807) is 20.8 Å². The Bertz CT molecular complexity index is 798. The second-order valence-electron chi connectivity index (χ2n) is 5.81. The highest BCUT2D eigenvalue weighted by Gasteiger charge is 2.44. The van der Waals surface area contributed by atoms with E-state index in [0.29, 0.717) is 11.3 Å². The van der Waals surface area contributed by atoms with Crippen LogP contribution in [-0.4, -0.2) is 38.7 Å². The number of fused-ring (bicyclic) bond motifs is 1. The summed E-state index contributed by atoms with van der Waals surface area (Å²) in [7, 11) is -7.83. The van der Waals surface area contributed by atoms with E-state index in [-0.39, 0.29) is 20.4 Å². The van der Waals surface area contributed by atoms with E-state index in [4.69, 9.17) is 5.11 Å². The molecule has 0 aromatic carbocycles. The largest absolute Gasteiger partial charge is 0.480 e. The van der Waals surface area contributed by atoms with Crippen LogP contribution in [0.1, 0.15) is 26.3 Å². The molecule has 118 valence electrons. The van der Waals surface area contributed by atoms with Gasteiger partial charge in [0.05, 0.1) is 0 Å². The molecule has 1 aliphatic heterocycles. The molecule has 10 heteroatoms. The van der Waals surface area contributed by atoms with E-state index in [1.807, 2.05) is 0 Å². The summed E-state index contributed by atoms with van der Waals surface area (Å²) in [4.78, 5) is 10.9. The maximum atomic E-state index is 12.2. The highest BCUT2D eigenvalue weighted by atomic mass is 32.3. The van der Waals surface area contributed by atoms with Crippen LogP contribution in [0.4, 0.5) is 0 Å². The monoisotopic (exact) mass is 353 g/mol. The van der Waals surface area contributed by atoms with Gasteiger partial charge in [-0.3, -0.25) is 4.79 Å². The van der Waals surface area contributed by atoms with Gasteiger partial charge in [0.1, 0.15) is 8.42 Å². The molecule has 21 heavy (non-hydrogen) atoms. The lowest BCUT2D eigenvalue weighted by molar-refractivity contribution is -0.136. The van der Waals surface area contributed by atoms with Crippen molar-refractivity contribution < 1.29 is 26.7 Å². The Balaban J connectivity index is 2.45. The molecule has 2 rings (SSSR count). The Morgan fingerprint density at radius 2 is 2.00 bits per heavy atom. The summed E-state index contributed by atoms with van der Waals surface area (Å²) in [5.41, 5.74) is -0.447. The Labute approximate surface area is 127 Å². The fourth-order valence-corrected chi connectivity index (χ4v) is 7.36. The van der Waals surface area contributed by atoms with Crippen molar-refractivity contribution in [2.75, 3.05) is 0 Å². The van der Waals surface area contributed by atoms with Crippen molar-refractivity contribution in [2.45, 2.75) is 46.4 Å². The molecule has 0 radical (unpaired) electrons. The molecule has 0 spiro atoms. The number of sulfone groups is 1. The second kappa shape index (κ2) is 4.77. The van der Waals surface area contributed by atoms with Gasteiger partial charge >= 0.3 is 5.97 Å². The Hall–Kier alpha value is -0.970. The number of carboxylic acid groups (broad SMARTS) is 1. The molecule has 1 aliphatic rings. The minimum atomic E-state index is -4.00. The molecule has 1 atom stereocenters. The lowest BCUT2D eigenvalue weighted by atomic mass is 10.1. The van der Waals surface area contributed by atoms with E-state index < -0.39 is 36.6 Å². The molecule has 0 amide bonds. The van der Waals surface area contributed by atoms with Crippen LogP contribution in [0.25, 0.3) is 0 Å². The third-order valence-electron chi connectivity index (χ3n) is 2.77. The minimum Gasteiger partial charge on any atom is -0.480 e. The first-order chi connectivity index (χ1) is 9.34. The van der Waals surface area contributed by atoms with Crippen molar-refractivity contribution in [2.24, 2.45) is 0 Å². The third-order valence-corrected chi connectivity index (χ3v) is 8.81. The number of carboxylic acids is 1. The summed E-state index contributed by atoms with van der Waals surface area (Å²) in [6.07, 6.45) is -0.200. The molecular weight excluding hydrogens is 338 g/mol. The second-order valence-corrected chi connectivity index (χ2v) is 11.1. The van der Waals surface area contributed by atoms with Crippen LogP contribution in [0.15, 0.2) is 14.5 Å². The number of thiophene rings is 1. The van der Waals surface area contributed by atoms with E-state index in [1.165, 1.54) is 6.07 Å². The van der Waals surface area contributed by atoms with Crippen molar-refractivity contribution in [3.63, 3.8) is 0 Å². The number of aliphatic carboxylic acids is 1. The fourth-order valence-electron chi connectivity index (χ4n) is 2.02. The lowest BCUT2D eigenvalue weighted by Crippen LogP contribution is -2.40. The normalized spacial score (nSPS) is 21.2. The summed E-state index contributed by atoms with van der Waals surface area (Å²) < 4.78 is 50.6. The number of carbonyl (C=O) groups is 1. The van der Waals surface area contributed by atoms with Gasteiger partial charge in [0.15, 0.2) is 5.25 Å². The smallest absolute Gasteiger partial charge is 0.322 e. The van der Waals surface area contributed by atoms with E-state index in [2.05, 4.69) is 4.72 Å². The topological polar surface area (TPSA) is 118 Å². The standard InChI is InChI=1S/C11H15NO6S3/c1-11(2,3)12-21(17,18)8-5-6-4-7(9(13)14)20(15,16)10(6)19-8/h5,7,12H,4H2,1-3H3,(H,13,14).